The topological polar surface area (TPSA) is 42.1 Å². The van der Waals surface area contributed by atoms with Gasteiger partial charge in [0.25, 0.3) is 0 Å². The average molecular weight is 183 g/mol. The van der Waals surface area contributed by atoms with Crippen LogP contribution in [0.4, 0.5) is 5.00 Å². The highest BCUT2D eigenvalue weighted by molar-refractivity contribution is 7.15. The lowest BCUT2D eigenvalue weighted by molar-refractivity contribution is 0.983. The number of hydrogen-bond donors (Lipinski definition) is 1. The van der Waals surface area contributed by atoms with Gasteiger partial charge in [-0.1, -0.05) is 6.58 Å². The molecule has 0 spiro atoms. The molecule has 3 nitrogen and oxygen atoms in total. The number of aromatic nitrogens is 1. The second kappa shape index (κ2) is 3.58. The molecule has 1 aromatic rings. The summed E-state index contributed by atoms with van der Waals surface area (Å²) in [5.74, 6) is 0. The van der Waals surface area contributed by atoms with E-state index in [1.807, 2.05) is 25.1 Å². The first kappa shape index (κ1) is 9.06. The largest absolute Gasteiger partial charge is 0.401 e. The van der Waals surface area contributed by atoms with Crippen LogP contribution in [-0.2, 0) is 0 Å². The van der Waals surface area contributed by atoms with Crippen LogP contribution < -0.4 is 10.6 Å². The maximum Gasteiger partial charge on any atom is 0.111 e. The highest BCUT2D eigenvalue weighted by Gasteiger charge is 2.03. The Morgan fingerprint density at radius 3 is 2.92 bits per heavy atom. The number of nitrogens with two attached hydrogens (primary N) is 1. The van der Waals surface area contributed by atoms with E-state index < -0.39 is 0 Å². The van der Waals surface area contributed by atoms with Gasteiger partial charge in [-0.3, -0.25) is 0 Å². The summed E-state index contributed by atoms with van der Waals surface area (Å²) in [6.45, 7) is 6.32. The number of anilines is 1. The van der Waals surface area contributed by atoms with Crippen molar-refractivity contribution in [2.45, 2.75) is 6.92 Å². The summed E-state index contributed by atoms with van der Waals surface area (Å²) in [6.07, 6.45) is 1.85. The van der Waals surface area contributed by atoms with E-state index in [9.17, 15) is 0 Å². The molecule has 0 aromatic carbocycles. The van der Waals surface area contributed by atoms with Crippen LogP contribution in [-0.4, -0.2) is 18.6 Å². The highest BCUT2D eigenvalue weighted by Crippen LogP contribution is 2.21. The molecule has 0 saturated heterocycles. The van der Waals surface area contributed by atoms with E-state index in [1.54, 1.807) is 11.3 Å². The Balaban J connectivity index is 2.64. The minimum absolute atomic E-state index is 0.670. The molecule has 0 amide bonds. The molecule has 0 atom stereocenters. The Labute approximate surface area is 76.5 Å². The number of rotatable bonds is 3. The van der Waals surface area contributed by atoms with Gasteiger partial charge >= 0.3 is 0 Å². The molecule has 0 fully saturated rings. The molecular formula is C8H13N3S. The number of thiazole rings is 1. The zero-order valence-corrected chi connectivity index (χ0v) is 8.19. The second-order valence-corrected chi connectivity index (χ2v) is 3.95. The van der Waals surface area contributed by atoms with Crippen molar-refractivity contribution < 1.29 is 0 Å². The van der Waals surface area contributed by atoms with Crippen LogP contribution >= 0.6 is 11.3 Å². The number of nitrogens with zero attached hydrogens (tertiary/aromatic N) is 2. The summed E-state index contributed by atoms with van der Waals surface area (Å²) in [7, 11) is 1.98. The monoisotopic (exact) mass is 183 g/mol. The van der Waals surface area contributed by atoms with E-state index in [0.717, 1.165) is 10.0 Å². The third-order valence-electron chi connectivity index (χ3n) is 1.43. The normalized spacial score (nSPS) is 9.83. The summed E-state index contributed by atoms with van der Waals surface area (Å²) in [5.41, 5.74) is 6.16. The Bertz CT molecular complexity index is 280. The smallest absolute Gasteiger partial charge is 0.111 e. The number of aryl methyl sites for hydroxylation is 1. The molecule has 0 radical (unpaired) electrons. The van der Waals surface area contributed by atoms with Crippen molar-refractivity contribution in [1.82, 2.24) is 4.98 Å². The van der Waals surface area contributed by atoms with Crippen molar-refractivity contribution in [1.29, 1.82) is 0 Å². The first-order valence-corrected chi connectivity index (χ1v) is 4.48. The molecule has 0 unspecified atom stereocenters. The lowest BCUT2D eigenvalue weighted by Gasteiger charge is -2.15. The summed E-state index contributed by atoms with van der Waals surface area (Å²) >= 11 is 1.66. The van der Waals surface area contributed by atoms with Crippen molar-refractivity contribution in [2.75, 3.05) is 18.5 Å². The highest BCUT2D eigenvalue weighted by atomic mass is 32.1. The van der Waals surface area contributed by atoms with Gasteiger partial charge in [-0.2, -0.15) is 0 Å². The van der Waals surface area contributed by atoms with Crippen LogP contribution in [0.25, 0.3) is 0 Å². The lowest BCUT2D eigenvalue weighted by atomic mass is 10.5. The summed E-state index contributed by atoms with van der Waals surface area (Å²) < 4.78 is 0. The van der Waals surface area contributed by atoms with Gasteiger partial charge in [-0.15, -0.1) is 11.3 Å². The van der Waals surface area contributed by atoms with Gasteiger partial charge in [0.1, 0.15) is 5.00 Å². The van der Waals surface area contributed by atoms with E-state index in [4.69, 9.17) is 5.73 Å². The molecule has 0 saturated carbocycles. The van der Waals surface area contributed by atoms with Gasteiger partial charge < -0.3 is 10.6 Å². The molecule has 1 aromatic heterocycles. The van der Waals surface area contributed by atoms with Crippen LogP contribution in [0.2, 0.25) is 0 Å². The third kappa shape index (κ3) is 2.23. The van der Waals surface area contributed by atoms with Crippen molar-refractivity contribution in [2.24, 2.45) is 5.73 Å². The van der Waals surface area contributed by atoms with Crippen LogP contribution in [0.3, 0.4) is 0 Å². The van der Waals surface area contributed by atoms with Crippen molar-refractivity contribution >= 4 is 16.3 Å². The van der Waals surface area contributed by atoms with E-state index in [-0.39, 0.29) is 0 Å². The minimum atomic E-state index is 0.670. The molecule has 4 heteroatoms. The Kier molecular flexibility index (Phi) is 2.70. The van der Waals surface area contributed by atoms with Gasteiger partial charge in [-0.05, 0) is 6.92 Å². The average Bonchev–Trinajstić information content (AvgIpc) is 2.34. The molecule has 1 rings (SSSR count). The zero-order chi connectivity index (χ0) is 9.14. The van der Waals surface area contributed by atoms with Crippen LogP contribution in [0, 0.1) is 6.92 Å². The first-order chi connectivity index (χ1) is 5.59. The summed E-state index contributed by atoms with van der Waals surface area (Å²) in [5, 5.41) is 2.19. The van der Waals surface area contributed by atoms with Gasteiger partial charge in [0.15, 0.2) is 0 Å². The number of likely N-dealkylation sites (N-methyl/N-ethyl adjacent to an activating group) is 1. The molecule has 12 heavy (non-hydrogen) atoms. The summed E-state index contributed by atoms with van der Waals surface area (Å²) in [4.78, 5) is 6.19. The Morgan fingerprint density at radius 1 is 1.83 bits per heavy atom. The molecule has 0 aliphatic rings. The van der Waals surface area contributed by atoms with Crippen LogP contribution in [0.1, 0.15) is 5.01 Å². The minimum Gasteiger partial charge on any atom is -0.401 e. The van der Waals surface area contributed by atoms with E-state index in [1.165, 1.54) is 0 Å². The zero-order valence-electron chi connectivity index (χ0n) is 7.37. The first-order valence-electron chi connectivity index (χ1n) is 3.66. The van der Waals surface area contributed by atoms with Gasteiger partial charge in [0.05, 0.1) is 17.7 Å². The fraction of sp³-hybridized carbons (Fsp3) is 0.375. The van der Waals surface area contributed by atoms with E-state index >= 15 is 0 Å². The third-order valence-corrected chi connectivity index (χ3v) is 2.45. The van der Waals surface area contributed by atoms with Crippen molar-refractivity contribution in [3.8, 4) is 0 Å². The Morgan fingerprint density at radius 2 is 2.50 bits per heavy atom. The van der Waals surface area contributed by atoms with Gasteiger partial charge in [0, 0.05) is 12.7 Å². The molecule has 1 heterocycles. The van der Waals surface area contributed by atoms with Gasteiger partial charge in [-0.25, -0.2) is 4.98 Å². The maximum absolute atomic E-state index is 5.49. The molecule has 0 bridgehead atoms. The fourth-order valence-corrected chi connectivity index (χ4v) is 1.64. The summed E-state index contributed by atoms with van der Waals surface area (Å²) in [6, 6.07) is 0. The molecule has 0 aliphatic carbocycles. The van der Waals surface area contributed by atoms with Crippen LogP contribution in [0.15, 0.2) is 18.5 Å². The number of hydrogen-bond acceptors (Lipinski definition) is 4. The Hall–Kier alpha value is -1.03. The van der Waals surface area contributed by atoms with E-state index in [2.05, 4.69) is 11.6 Å². The molecular weight excluding hydrogens is 170 g/mol. The SMILES string of the molecule is C=C(N)CN(C)c1cnc(C)s1. The standard InChI is InChI=1S/C8H13N3S/c1-6(9)5-11(3)8-4-10-7(2)12-8/h4H,1,5,9H2,2-3H3. The quantitative estimate of drug-likeness (QED) is 0.769. The predicted octanol–water partition coefficient (Wildman–Crippen LogP) is 1.36. The molecule has 2 N–H and O–H groups in total. The maximum atomic E-state index is 5.49. The van der Waals surface area contributed by atoms with Crippen molar-refractivity contribution in [3.05, 3.63) is 23.5 Å². The van der Waals surface area contributed by atoms with Crippen molar-refractivity contribution in [3.63, 3.8) is 0 Å². The predicted molar refractivity (Wildman–Crippen MR) is 53.4 cm³/mol. The second-order valence-electron chi connectivity index (χ2n) is 2.73. The fourth-order valence-electron chi connectivity index (χ4n) is 0.909. The lowest BCUT2D eigenvalue weighted by Crippen LogP contribution is -2.21. The van der Waals surface area contributed by atoms with Crippen LogP contribution in [0.5, 0.6) is 0 Å². The van der Waals surface area contributed by atoms with E-state index in [0.29, 0.717) is 12.2 Å². The van der Waals surface area contributed by atoms with Gasteiger partial charge in [0.2, 0.25) is 0 Å². The molecule has 66 valence electrons. The molecule has 0 aliphatic heterocycles.